The number of benzene rings is 2. The molecular formula is C16H17ClN2O4S. The van der Waals surface area contributed by atoms with Crippen molar-refractivity contribution >= 4 is 38.7 Å². The van der Waals surface area contributed by atoms with Crippen molar-refractivity contribution in [1.29, 1.82) is 0 Å². The number of rotatable bonds is 6. The van der Waals surface area contributed by atoms with E-state index < -0.39 is 9.84 Å². The van der Waals surface area contributed by atoms with E-state index >= 15 is 0 Å². The Kier molecular flexibility index (Phi) is 5.69. The molecule has 0 unspecified atom stereocenters. The summed E-state index contributed by atoms with van der Waals surface area (Å²) in [6, 6.07) is 11.3. The van der Waals surface area contributed by atoms with Gasteiger partial charge in [-0.3, -0.25) is 4.79 Å². The lowest BCUT2D eigenvalue weighted by molar-refractivity contribution is -0.114. The molecule has 0 saturated carbocycles. The number of nitrogens with one attached hydrogen (secondary N) is 2. The summed E-state index contributed by atoms with van der Waals surface area (Å²) < 4.78 is 28.5. The molecule has 0 heterocycles. The van der Waals surface area contributed by atoms with Gasteiger partial charge in [0.1, 0.15) is 5.75 Å². The molecule has 6 nitrogen and oxygen atoms in total. The quantitative estimate of drug-likeness (QED) is 0.819. The molecule has 2 aromatic carbocycles. The Balaban J connectivity index is 2.03. The Morgan fingerprint density at radius 2 is 1.92 bits per heavy atom. The standard InChI is InChI=1S/C16H17ClN2O4S/c1-23-14-8-7-11(9-12(14)17)18-10-16(20)19-13-5-3-4-6-15(13)24(2,21)22/h3-9,18H,10H2,1-2H3,(H,19,20). The summed E-state index contributed by atoms with van der Waals surface area (Å²) in [5.74, 6) is 0.159. The van der Waals surface area contributed by atoms with Crippen LogP contribution in [-0.4, -0.2) is 34.2 Å². The van der Waals surface area contributed by atoms with E-state index in [4.69, 9.17) is 16.3 Å². The molecule has 2 aromatic rings. The highest BCUT2D eigenvalue weighted by molar-refractivity contribution is 7.90. The zero-order valence-corrected chi connectivity index (χ0v) is 14.7. The van der Waals surface area contributed by atoms with Crippen LogP contribution < -0.4 is 15.4 Å². The van der Waals surface area contributed by atoms with E-state index in [0.29, 0.717) is 16.5 Å². The number of hydrogen-bond acceptors (Lipinski definition) is 5. The van der Waals surface area contributed by atoms with Crippen molar-refractivity contribution in [3.8, 4) is 5.75 Å². The van der Waals surface area contributed by atoms with Crippen molar-refractivity contribution in [2.75, 3.05) is 30.5 Å². The van der Waals surface area contributed by atoms with Crippen LogP contribution in [-0.2, 0) is 14.6 Å². The number of hydrogen-bond donors (Lipinski definition) is 2. The third kappa shape index (κ3) is 4.62. The number of para-hydroxylation sites is 1. The van der Waals surface area contributed by atoms with E-state index in [0.717, 1.165) is 6.26 Å². The fourth-order valence-electron chi connectivity index (χ4n) is 2.05. The highest BCUT2D eigenvalue weighted by atomic mass is 35.5. The maximum Gasteiger partial charge on any atom is 0.243 e. The summed E-state index contributed by atoms with van der Waals surface area (Å²) in [4.78, 5) is 12.1. The second-order valence-corrected chi connectivity index (χ2v) is 7.41. The molecule has 128 valence electrons. The summed E-state index contributed by atoms with van der Waals surface area (Å²) in [7, 11) is -1.91. The normalized spacial score (nSPS) is 11.0. The molecule has 24 heavy (non-hydrogen) atoms. The molecular weight excluding hydrogens is 352 g/mol. The van der Waals surface area contributed by atoms with E-state index in [9.17, 15) is 13.2 Å². The van der Waals surface area contributed by atoms with Gasteiger partial charge in [-0.1, -0.05) is 23.7 Å². The molecule has 0 aliphatic heterocycles. The summed E-state index contributed by atoms with van der Waals surface area (Å²) in [5, 5.41) is 5.92. The molecule has 0 spiro atoms. The molecule has 0 radical (unpaired) electrons. The van der Waals surface area contributed by atoms with Crippen molar-refractivity contribution in [1.82, 2.24) is 0 Å². The van der Waals surface area contributed by atoms with Gasteiger partial charge in [0.15, 0.2) is 9.84 Å². The molecule has 0 aromatic heterocycles. The van der Waals surface area contributed by atoms with Crippen LogP contribution in [0.1, 0.15) is 0 Å². The third-order valence-corrected chi connectivity index (χ3v) is 4.62. The third-order valence-electron chi connectivity index (χ3n) is 3.17. The first-order valence-corrected chi connectivity index (χ1v) is 9.24. The highest BCUT2D eigenvalue weighted by Crippen LogP contribution is 2.27. The summed E-state index contributed by atoms with van der Waals surface area (Å²) >= 11 is 6.01. The van der Waals surface area contributed by atoms with Gasteiger partial charge >= 0.3 is 0 Å². The molecule has 2 rings (SSSR count). The number of carbonyl (C=O) groups excluding carboxylic acids is 1. The minimum absolute atomic E-state index is 0.0409. The number of amides is 1. The van der Waals surface area contributed by atoms with Crippen molar-refractivity contribution in [2.45, 2.75) is 4.90 Å². The van der Waals surface area contributed by atoms with Crippen LogP contribution >= 0.6 is 11.6 Å². The van der Waals surface area contributed by atoms with Crippen LogP contribution in [0.25, 0.3) is 0 Å². The van der Waals surface area contributed by atoms with E-state index in [1.165, 1.54) is 13.2 Å². The lowest BCUT2D eigenvalue weighted by Crippen LogP contribution is -2.22. The summed E-state index contributed by atoms with van der Waals surface area (Å²) in [6.45, 7) is -0.0409. The lowest BCUT2D eigenvalue weighted by atomic mass is 10.3. The molecule has 8 heteroatoms. The van der Waals surface area contributed by atoms with Gasteiger partial charge in [0.25, 0.3) is 0 Å². The first kappa shape index (κ1) is 18.1. The molecule has 0 aliphatic rings. The molecule has 0 atom stereocenters. The van der Waals surface area contributed by atoms with Gasteiger partial charge in [-0.05, 0) is 30.3 Å². The predicted molar refractivity (Wildman–Crippen MR) is 94.7 cm³/mol. The van der Waals surface area contributed by atoms with Crippen LogP contribution in [0.15, 0.2) is 47.4 Å². The summed E-state index contributed by atoms with van der Waals surface area (Å²) in [6.07, 6.45) is 1.09. The average Bonchev–Trinajstić information content (AvgIpc) is 2.52. The fourth-order valence-corrected chi connectivity index (χ4v) is 3.15. The Morgan fingerprint density at radius 1 is 1.21 bits per heavy atom. The van der Waals surface area contributed by atoms with E-state index in [1.807, 2.05) is 0 Å². The minimum Gasteiger partial charge on any atom is -0.495 e. The van der Waals surface area contributed by atoms with Crippen molar-refractivity contribution in [3.63, 3.8) is 0 Å². The Morgan fingerprint density at radius 3 is 2.54 bits per heavy atom. The second-order valence-electron chi connectivity index (χ2n) is 5.02. The van der Waals surface area contributed by atoms with Crippen LogP contribution in [0.2, 0.25) is 5.02 Å². The van der Waals surface area contributed by atoms with Crippen LogP contribution in [0.5, 0.6) is 5.75 Å². The molecule has 1 amide bonds. The largest absolute Gasteiger partial charge is 0.495 e. The molecule has 0 fully saturated rings. The monoisotopic (exact) mass is 368 g/mol. The van der Waals surface area contributed by atoms with Crippen molar-refractivity contribution < 1.29 is 17.9 Å². The number of sulfone groups is 1. The van der Waals surface area contributed by atoms with Gasteiger partial charge in [-0.15, -0.1) is 0 Å². The van der Waals surface area contributed by atoms with Gasteiger partial charge < -0.3 is 15.4 Å². The van der Waals surface area contributed by atoms with Crippen molar-refractivity contribution in [3.05, 3.63) is 47.5 Å². The first-order valence-electron chi connectivity index (χ1n) is 6.97. The van der Waals surface area contributed by atoms with Crippen LogP contribution in [0.4, 0.5) is 11.4 Å². The average molecular weight is 369 g/mol. The maximum absolute atomic E-state index is 12.0. The lowest BCUT2D eigenvalue weighted by Gasteiger charge is -2.11. The number of anilines is 2. The number of halogens is 1. The van der Waals surface area contributed by atoms with Gasteiger partial charge in [0, 0.05) is 11.9 Å². The van der Waals surface area contributed by atoms with Gasteiger partial charge in [-0.2, -0.15) is 0 Å². The fraction of sp³-hybridized carbons (Fsp3) is 0.188. The summed E-state index contributed by atoms with van der Waals surface area (Å²) in [5.41, 5.74) is 0.895. The smallest absolute Gasteiger partial charge is 0.243 e. The van der Waals surface area contributed by atoms with E-state index in [1.54, 1.807) is 36.4 Å². The van der Waals surface area contributed by atoms with Gasteiger partial charge in [0.2, 0.25) is 5.91 Å². The molecule has 0 saturated heterocycles. The second kappa shape index (κ2) is 7.55. The number of methoxy groups -OCH3 is 1. The van der Waals surface area contributed by atoms with Gasteiger partial charge in [-0.25, -0.2) is 8.42 Å². The van der Waals surface area contributed by atoms with E-state index in [-0.39, 0.29) is 23.0 Å². The zero-order valence-electron chi connectivity index (χ0n) is 13.2. The SMILES string of the molecule is COc1ccc(NCC(=O)Nc2ccccc2S(C)(=O)=O)cc1Cl. The molecule has 0 bridgehead atoms. The molecule has 0 aliphatic carbocycles. The Bertz CT molecular complexity index is 853. The Hall–Kier alpha value is -2.25. The van der Waals surface area contributed by atoms with Crippen LogP contribution in [0.3, 0.4) is 0 Å². The van der Waals surface area contributed by atoms with Crippen molar-refractivity contribution in [2.24, 2.45) is 0 Å². The predicted octanol–water partition coefficient (Wildman–Crippen LogP) is 2.80. The Labute approximate surface area is 145 Å². The first-order chi connectivity index (χ1) is 11.3. The number of ether oxygens (including phenoxy) is 1. The number of carbonyl (C=O) groups is 1. The van der Waals surface area contributed by atoms with E-state index in [2.05, 4.69) is 10.6 Å². The molecule has 2 N–H and O–H groups in total. The maximum atomic E-state index is 12.0. The highest BCUT2D eigenvalue weighted by Gasteiger charge is 2.14. The van der Waals surface area contributed by atoms with Crippen LogP contribution in [0, 0.1) is 0 Å². The van der Waals surface area contributed by atoms with Gasteiger partial charge in [0.05, 0.1) is 29.3 Å². The minimum atomic E-state index is -3.43. The zero-order chi connectivity index (χ0) is 17.7. The topological polar surface area (TPSA) is 84.5 Å².